The van der Waals surface area contributed by atoms with Crippen LogP contribution in [0.1, 0.15) is 84.0 Å². The van der Waals surface area contributed by atoms with Gasteiger partial charge in [-0.15, -0.1) is 0 Å². The molecule has 2 N–H and O–H groups in total. The van der Waals surface area contributed by atoms with Crippen molar-refractivity contribution >= 4 is 5.84 Å². The third-order valence-electron chi connectivity index (χ3n) is 3.71. The molecule has 1 aliphatic carbocycles. The minimum absolute atomic E-state index is 0.545. The average Bonchev–Trinajstić information content (AvgIpc) is 2.35. The van der Waals surface area contributed by atoms with Gasteiger partial charge in [0.05, 0.1) is 11.9 Å². The van der Waals surface area contributed by atoms with Crippen LogP contribution in [0.2, 0.25) is 0 Å². The Morgan fingerprint density at radius 2 is 1.65 bits per heavy atom. The summed E-state index contributed by atoms with van der Waals surface area (Å²) < 4.78 is 0. The Labute approximate surface area is 107 Å². The zero-order valence-electron chi connectivity index (χ0n) is 11.6. The second-order valence-electron chi connectivity index (χ2n) is 5.43. The van der Waals surface area contributed by atoms with E-state index in [1.54, 1.807) is 0 Å². The summed E-state index contributed by atoms with van der Waals surface area (Å²) in [5, 5.41) is 0. The summed E-state index contributed by atoms with van der Waals surface area (Å²) >= 11 is 0. The van der Waals surface area contributed by atoms with Crippen LogP contribution < -0.4 is 5.73 Å². The Hall–Kier alpha value is -0.530. The molecule has 1 fully saturated rings. The lowest BCUT2D eigenvalue weighted by atomic mass is 9.96. The van der Waals surface area contributed by atoms with Crippen molar-refractivity contribution in [1.29, 1.82) is 0 Å². The molecule has 0 aromatic heterocycles. The number of nitrogens with two attached hydrogens (primary N) is 1. The first kappa shape index (κ1) is 14.5. The van der Waals surface area contributed by atoms with E-state index in [-0.39, 0.29) is 0 Å². The van der Waals surface area contributed by atoms with Crippen LogP contribution in [0, 0.1) is 0 Å². The van der Waals surface area contributed by atoms with Crippen LogP contribution in [0.3, 0.4) is 0 Å². The van der Waals surface area contributed by atoms with Crippen LogP contribution in [0.4, 0.5) is 0 Å². The van der Waals surface area contributed by atoms with Crippen molar-refractivity contribution < 1.29 is 0 Å². The van der Waals surface area contributed by atoms with Crippen molar-refractivity contribution in [2.24, 2.45) is 10.7 Å². The fourth-order valence-corrected chi connectivity index (χ4v) is 2.60. The van der Waals surface area contributed by atoms with Crippen molar-refractivity contribution in [3.8, 4) is 0 Å². The Morgan fingerprint density at radius 1 is 1.00 bits per heavy atom. The minimum atomic E-state index is 0.545. The standard InChI is InChI=1S/C15H30N2/c1-2-3-4-5-6-10-13-15(16)17-14-11-8-7-9-12-14/h14H,2-13H2,1H3,(H2,16,17). The van der Waals surface area contributed by atoms with E-state index >= 15 is 0 Å². The molecule has 0 aromatic carbocycles. The van der Waals surface area contributed by atoms with Crippen LogP contribution in [0.15, 0.2) is 4.99 Å². The van der Waals surface area contributed by atoms with Gasteiger partial charge in [-0.3, -0.25) is 4.99 Å². The summed E-state index contributed by atoms with van der Waals surface area (Å²) in [5.41, 5.74) is 6.00. The highest BCUT2D eigenvalue weighted by atomic mass is 14.9. The molecular weight excluding hydrogens is 208 g/mol. The maximum absolute atomic E-state index is 6.00. The summed E-state index contributed by atoms with van der Waals surface area (Å²) in [4.78, 5) is 4.66. The van der Waals surface area contributed by atoms with Gasteiger partial charge in [-0.05, 0) is 19.3 Å². The largest absolute Gasteiger partial charge is 0.387 e. The molecule has 0 heterocycles. The van der Waals surface area contributed by atoms with Gasteiger partial charge in [-0.1, -0.05) is 58.3 Å². The van der Waals surface area contributed by atoms with Crippen LogP contribution in [0.5, 0.6) is 0 Å². The van der Waals surface area contributed by atoms with Gasteiger partial charge < -0.3 is 5.73 Å². The summed E-state index contributed by atoms with van der Waals surface area (Å²) in [6, 6.07) is 0.545. The van der Waals surface area contributed by atoms with Crippen LogP contribution in [0.25, 0.3) is 0 Å². The fraction of sp³-hybridized carbons (Fsp3) is 0.933. The average molecular weight is 238 g/mol. The van der Waals surface area contributed by atoms with Crippen LogP contribution in [-0.4, -0.2) is 11.9 Å². The number of rotatable bonds is 8. The zero-order chi connectivity index (χ0) is 12.3. The predicted octanol–water partition coefficient (Wildman–Crippen LogP) is 4.43. The Bertz CT molecular complexity index is 205. The highest BCUT2D eigenvalue weighted by Crippen LogP contribution is 2.20. The molecule has 1 saturated carbocycles. The normalized spacial score (nSPS) is 18.5. The summed E-state index contributed by atoms with van der Waals surface area (Å²) in [6.45, 7) is 2.26. The van der Waals surface area contributed by atoms with E-state index in [0.717, 1.165) is 12.3 Å². The lowest BCUT2D eigenvalue weighted by Gasteiger charge is -2.18. The Morgan fingerprint density at radius 3 is 2.35 bits per heavy atom. The molecule has 0 spiro atoms. The maximum atomic E-state index is 6.00. The molecule has 0 bridgehead atoms. The zero-order valence-corrected chi connectivity index (χ0v) is 11.6. The lowest BCUT2D eigenvalue weighted by Crippen LogP contribution is -2.18. The van der Waals surface area contributed by atoms with Gasteiger partial charge in [-0.2, -0.15) is 0 Å². The lowest BCUT2D eigenvalue weighted by molar-refractivity contribution is 0.442. The molecule has 0 amide bonds. The highest BCUT2D eigenvalue weighted by Gasteiger charge is 2.11. The van der Waals surface area contributed by atoms with Gasteiger partial charge in [0, 0.05) is 6.42 Å². The first-order valence-corrected chi connectivity index (χ1v) is 7.65. The van der Waals surface area contributed by atoms with Gasteiger partial charge in [0.1, 0.15) is 0 Å². The van der Waals surface area contributed by atoms with Gasteiger partial charge in [0.2, 0.25) is 0 Å². The van der Waals surface area contributed by atoms with E-state index in [1.165, 1.54) is 70.6 Å². The first-order chi connectivity index (χ1) is 8.33. The molecular formula is C15H30N2. The van der Waals surface area contributed by atoms with E-state index in [9.17, 15) is 0 Å². The second-order valence-corrected chi connectivity index (χ2v) is 5.43. The van der Waals surface area contributed by atoms with Gasteiger partial charge in [-0.25, -0.2) is 0 Å². The van der Waals surface area contributed by atoms with E-state index < -0.39 is 0 Å². The van der Waals surface area contributed by atoms with Crippen molar-refractivity contribution in [1.82, 2.24) is 0 Å². The topological polar surface area (TPSA) is 38.4 Å². The number of hydrogen-bond donors (Lipinski definition) is 1. The number of nitrogens with zero attached hydrogens (tertiary/aromatic N) is 1. The molecule has 1 rings (SSSR count). The van der Waals surface area contributed by atoms with Crippen molar-refractivity contribution in [2.45, 2.75) is 90.0 Å². The number of aliphatic imine (C=N–C) groups is 1. The molecule has 100 valence electrons. The third kappa shape index (κ3) is 7.40. The smallest absolute Gasteiger partial charge is 0.0940 e. The summed E-state index contributed by atoms with van der Waals surface area (Å²) in [6.07, 6.45) is 15.6. The molecule has 2 heteroatoms. The van der Waals surface area contributed by atoms with Gasteiger partial charge in [0.25, 0.3) is 0 Å². The molecule has 2 nitrogen and oxygen atoms in total. The SMILES string of the molecule is CCCCCCCCC(N)=NC1CCCCC1. The second kappa shape index (κ2) is 9.49. The maximum Gasteiger partial charge on any atom is 0.0940 e. The van der Waals surface area contributed by atoms with E-state index in [0.29, 0.717) is 6.04 Å². The molecule has 0 atom stereocenters. The van der Waals surface area contributed by atoms with Crippen molar-refractivity contribution in [3.63, 3.8) is 0 Å². The molecule has 0 aromatic rings. The number of unbranched alkanes of at least 4 members (excludes halogenated alkanes) is 5. The molecule has 1 aliphatic rings. The van der Waals surface area contributed by atoms with Gasteiger partial charge >= 0.3 is 0 Å². The monoisotopic (exact) mass is 238 g/mol. The molecule has 0 unspecified atom stereocenters. The summed E-state index contributed by atoms with van der Waals surface area (Å²) in [5.74, 6) is 0.910. The minimum Gasteiger partial charge on any atom is -0.387 e. The van der Waals surface area contributed by atoms with Crippen molar-refractivity contribution in [2.75, 3.05) is 0 Å². The first-order valence-electron chi connectivity index (χ1n) is 7.65. The predicted molar refractivity (Wildman–Crippen MR) is 76.5 cm³/mol. The Kier molecular flexibility index (Phi) is 8.12. The summed E-state index contributed by atoms with van der Waals surface area (Å²) in [7, 11) is 0. The van der Waals surface area contributed by atoms with Crippen molar-refractivity contribution in [3.05, 3.63) is 0 Å². The number of hydrogen-bond acceptors (Lipinski definition) is 1. The van der Waals surface area contributed by atoms with Gasteiger partial charge in [0.15, 0.2) is 0 Å². The quantitative estimate of drug-likeness (QED) is 0.379. The van der Waals surface area contributed by atoms with Crippen LogP contribution in [-0.2, 0) is 0 Å². The molecule has 0 aliphatic heterocycles. The fourth-order valence-electron chi connectivity index (χ4n) is 2.60. The molecule has 0 saturated heterocycles. The van der Waals surface area contributed by atoms with Crippen LogP contribution >= 0.6 is 0 Å². The molecule has 17 heavy (non-hydrogen) atoms. The third-order valence-corrected chi connectivity index (χ3v) is 3.71. The molecule has 0 radical (unpaired) electrons. The Balaban J connectivity index is 2.02. The van der Waals surface area contributed by atoms with E-state index in [4.69, 9.17) is 5.73 Å². The number of amidine groups is 1. The highest BCUT2D eigenvalue weighted by molar-refractivity contribution is 5.80. The van der Waals surface area contributed by atoms with E-state index in [2.05, 4.69) is 11.9 Å². The van der Waals surface area contributed by atoms with E-state index in [1.807, 2.05) is 0 Å².